The molecule has 0 bridgehead atoms. The molecule has 1 aromatic carbocycles. The lowest BCUT2D eigenvalue weighted by atomic mass is 9.95. The number of benzene rings is 1. The maximum Gasteiger partial charge on any atom is 0.319 e. The summed E-state index contributed by atoms with van der Waals surface area (Å²) in [4.78, 5) is 26.7. The predicted octanol–water partition coefficient (Wildman–Crippen LogP) is 2.19. The molecule has 0 saturated carbocycles. The van der Waals surface area contributed by atoms with Crippen LogP contribution in [0.2, 0.25) is 0 Å². The second-order valence-corrected chi connectivity index (χ2v) is 6.57. The van der Waals surface area contributed by atoms with Crippen LogP contribution in [0, 0.1) is 5.92 Å². The molecule has 0 aromatic heterocycles. The van der Waals surface area contributed by atoms with Gasteiger partial charge in [0.05, 0.1) is 31.0 Å². The summed E-state index contributed by atoms with van der Waals surface area (Å²) in [6, 6.07) is 6.68. The Hall–Kier alpha value is -2.50. The third-order valence-electron chi connectivity index (χ3n) is 4.45. The first kappa shape index (κ1) is 16.4. The average molecular weight is 329 g/mol. The van der Waals surface area contributed by atoms with Gasteiger partial charge in [0, 0.05) is 12.1 Å². The van der Waals surface area contributed by atoms with Crippen molar-refractivity contribution in [3.8, 4) is 5.75 Å². The molecule has 128 valence electrons. The number of carbonyl (C=O) groups is 2. The molecule has 6 nitrogen and oxygen atoms in total. The van der Waals surface area contributed by atoms with Crippen molar-refractivity contribution in [1.82, 2.24) is 15.5 Å². The van der Waals surface area contributed by atoms with Gasteiger partial charge in [0.15, 0.2) is 0 Å². The molecule has 0 radical (unpaired) electrons. The summed E-state index contributed by atoms with van der Waals surface area (Å²) in [6.07, 6.45) is 0.937. The molecule has 2 aliphatic rings. The molecule has 1 aromatic rings. The van der Waals surface area contributed by atoms with Crippen molar-refractivity contribution in [3.05, 3.63) is 41.1 Å². The zero-order valence-corrected chi connectivity index (χ0v) is 14.3. The Kier molecular flexibility index (Phi) is 4.46. The number of urea groups is 1. The fourth-order valence-electron chi connectivity index (χ4n) is 3.16. The Morgan fingerprint density at radius 2 is 2.04 bits per heavy atom. The SMILES string of the molecule is COc1ccccc1[C@H]1NC(=O)NC2=C1C(=O)N(CCC(C)C)C2. The number of nitrogens with one attached hydrogen (secondary N) is 2. The van der Waals surface area contributed by atoms with Gasteiger partial charge in [0.25, 0.3) is 5.91 Å². The van der Waals surface area contributed by atoms with E-state index >= 15 is 0 Å². The van der Waals surface area contributed by atoms with Crippen LogP contribution in [0.1, 0.15) is 31.9 Å². The van der Waals surface area contributed by atoms with Gasteiger partial charge in [0.2, 0.25) is 0 Å². The van der Waals surface area contributed by atoms with E-state index < -0.39 is 6.04 Å². The van der Waals surface area contributed by atoms with E-state index in [0.717, 1.165) is 12.0 Å². The number of methoxy groups -OCH3 is 1. The standard InChI is InChI=1S/C18H23N3O3/c1-11(2)8-9-21-10-13-15(17(21)22)16(20-18(23)19-13)12-6-4-5-7-14(12)24-3/h4-7,11,16H,8-10H2,1-3H3,(H2,19,20,23)/t16-/m1/s1. The van der Waals surface area contributed by atoms with E-state index in [1.807, 2.05) is 24.3 Å². The van der Waals surface area contributed by atoms with Gasteiger partial charge in [-0.05, 0) is 18.4 Å². The van der Waals surface area contributed by atoms with E-state index in [1.54, 1.807) is 12.0 Å². The van der Waals surface area contributed by atoms with E-state index in [-0.39, 0.29) is 11.9 Å². The Morgan fingerprint density at radius 3 is 2.75 bits per heavy atom. The molecule has 2 heterocycles. The molecule has 0 fully saturated rings. The molecule has 3 rings (SSSR count). The lowest BCUT2D eigenvalue weighted by Gasteiger charge is -2.26. The van der Waals surface area contributed by atoms with Crippen LogP contribution in [0.15, 0.2) is 35.5 Å². The van der Waals surface area contributed by atoms with Crippen LogP contribution in [0.5, 0.6) is 5.75 Å². The first-order chi connectivity index (χ1) is 11.5. The molecular weight excluding hydrogens is 306 g/mol. The van der Waals surface area contributed by atoms with E-state index in [9.17, 15) is 9.59 Å². The number of carbonyl (C=O) groups excluding carboxylic acids is 2. The van der Waals surface area contributed by atoms with E-state index in [1.165, 1.54) is 0 Å². The fraction of sp³-hybridized carbons (Fsp3) is 0.444. The van der Waals surface area contributed by atoms with Crippen LogP contribution in [0.4, 0.5) is 4.79 Å². The van der Waals surface area contributed by atoms with E-state index in [0.29, 0.717) is 36.0 Å². The van der Waals surface area contributed by atoms with Gasteiger partial charge >= 0.3 is 6.03 Å². The number of rotatable bonds is 5. The van der Waals surface area contributed by atoms with Crippen LogP contribution in [-0.4, -0.2) is 37.0 Å². The number of hydrogen-bond acceptors (Lipinski definition) is 3. The highest BCUT2D eigenvalue weighted by Crippen LogP contribution is 2.36. The highest BCUT2D eigenvalue weighted by atomic mass is 16.5. The smallest absolute Gasteiger partial charge is 0.319 e. The summed E-state index contributed by atoms with van der Waals surface area (Å²) in [7, 11) is 1.59. The van der Waals surface area contributed by atoms with Gasteiger partial charge in [-0.15, -0.1) is 0 Å². The van der Waals surface area contributed by atoms with Crippen molar-refractivity contribution in [2.45, 2.75) is 26.3 Å². The minimum atomic E-state index is -0.485. The number of amides is 3. The zero-order chi connectivity index (χ0) is 17.3. The maximum atomic E-state index is 12.9. The van der Waals surface area contributed by atoms with Crippen LogP contribution in [0.25, 0.3) is 0 Å². The summed E-state index contributed by atoms with van der Waals surface area (Å²) in [6.45, 7) is 5.42. The van der Waals surface area contributed by atoms with Crippen molar-refractivity contribution in [3.63, 3.8) is 0 Å². The van der Waals surface area contributed by atoms with Crippen molar-refractivity contribution in [2.24, 2.45) is 5.92 Å². The molecule has 1 atom stereocenters. The third kappa shape index (κ3) is 2.96. The highest BCUT2D eigenvalue weighted by Gasteiger charge is 2.40. The summed E-state index contributed by atoms with van der Waals surface area (Å²) in [5.74, 6) is 1.16. The Morgan fingerprint density at radius 1 is 1.29 bits per heavy atom. The van der Waals surface area contributed by atoms with Gasteiger partial charge in [-0.1, -0.05) is 32.0 Å². The van der Waals surface area contributed by atoms with Crippen LogP contribution < -0.4 is 15.4 Å². The Balaban J connectivity index is 1.92. The number of para-hydroxylation sites is 1. The van der Waals surface area contributed by atoms with Crippen molar-refractivity contribution in [1.29, 1.82) is 0 Å². The predicted molar refractivity (Wildman–Crippen MR) is 90.5 cm³/mol. The fourth-order valence-corrected chi connectivity index (χ4v) is 3.16. The molecule has 24 heavy (non-hydrogen) atoms. The number of nitrogens with zero attached hydrogens (tertiary/aromatic N) is 1. The minimum absolute atomic E-state index is 0.0194. The lowest BCUT2D eigenvalue weighted by Crippen LogP contribution is -2.44. The topological polar surface area (TPSA) is 70.7 Å². The van der Waals surface area contributed by atoms with Gasteiger partial charge in [-0.25, -0.2) is 4.79 Å². The molecular formula is C18H23N3O3. The Bertz CT molecular complexity index is 697. The molecule has 3 amide bonds. The highest BCUT2D eigenvalue weighted by molar-refractivity contribution is 6.01. The first-order valence-electron chi connectivity index (χ1n) is 8.24. The summed E-state index contributed by atoms with van der Waals surface area (Å²) in [5, 5.41) is 5.65. The maximum absolute atomic E-state index is 12.9. The molecule has 6 heteroatoms. The quantitative estimate of drug-likeness (QED) is 0.870. The van der Waals surface area contributed by atoms with Crippen LogP contribution in [0.3, 0.4) is 0 Å². The van der Waals surface area contributed by atoms with E-state index in [4.69, 9.17) is 4.74 Å². The molecule has 2 N–H and O–H groups in total. The first-order valence-corrected chi connectivity index (χ1v) is 8.24. The van der Waals surface area contributed by atoms with Crippen LogP contribution in [-0.2, 0) is 4.79 Å². The van der Waals surface area contributed by atoms with Gasteiger partial charge in [-0.3, -0.25) is 4.79 Å². The number of hydrogen-bond donors (Lipinski definition) is 2. The summed E-state index contributed by atoms with van der Waals surface area (Å²) < 4.78 is 5.40. The monoisotopic (exact) mass is 329 g/mol. The largest absolute Gasteiger partial charge is 0.496 e. The lowest BCUT2D eigenvalue weighted by molar-refractivity contribution is -0.125. The van der Waals surface area contributed by atoms with Crippen molar-refractivity contribution >= 4 is 11.9 Å². The van der Waals surface area contributed by atoms with Crippen LogP contribution >= 0.6 is 0 Å². The molecule has 2 aliphatic heterocycles. The second kappa shape index (κ2) is 6.55. The van der Waals surface area contributed by atoms with Crippen molar-refractivity contribution in [2.75, 3.05) is 20.2 Å². The normalized spacial score (nSPS) is 20.2. The van der Waals surface area contributed by atoms with Gasteiger partial charge in [-0.2, -0.15) is 0 Å². The third-order valence-corrected chi connectivity index (χ3v) is 4.45. The zero-order valence-electron chi connectivity index (χ0n) is 14.3. The molecule has 0 aliphatic carbocycles. The van der Waals surface area contributed by atoms with E-state index in [2.05, 4.69) is 24.5 Å². The summed E-state index contributed by atoms with van der Waals surface area (Å²) in [5.41, 5.74) is 2.10. The van der Waals surface area contributed by atoms with Gasteiger partial charge < -0.3 is 20.3 Å². The molecule has 0 spiro atoms. The Labute approximate surface area is 141 Å². The minimum Gasteiger partial charge on any atom is -0.496 e. The second-order valence-electron chi connectivity index (χ2n) is 6.57. The number of ether oxygens (including phenoxy) is 1. The van der Waals surface area contributed by atoms with Gasteiger partial charge in [0.1, 0.15) is 5.75 Å². The molecule has 0 unspecified atom stereocenters. The summed E-state index contributed by atoms with van der Waals surface area (Å²) >= 11 is 0. The average Bonchev–Trinajstić information content (AvgIpc) is 2.88. The molecule has 0 saturated heterocycles. The van der Waals surface area contributed by atoms with Crippen molar-refractivity contribution < 1.29 is 14.3 Å².